The highest BCUT2D eigenvalue weighted by atomic mass is 32.2. The number of benzene rings is 2. The summed E-state index contributed by atoms with van der Waals surface area (Å²) < 4.78 is 5.40. The molecule has 160 valence electrons. The Kier molecular flexibility index (Phi) is 6.16. The molecule has 0 aliphatic carbocycles. The average Bonchev–Trinajstić information content (AvgIpc) is 3.28. The van der Waals surface area contributed by atoms with Crippen molar-refractivity contribution in [2.24, 2.45) is 4.99 Å². The second-order valence-electron chi connectivity index (χ2n) is 7.31. The first-order valence-corrected chi connectivity index (χ1v) is 11.7. The lowest BCUT2D eigenvalue weighted by molar-refractivity contribution is -0.121. The van der Waals surface area contributed by atoms with Crippen molar-refractivity contribution in [3.63, 3.8) is 0 Å². The molecule has 0 aromatic heterocycles. The fourth-order valence-corrected chi connectivity index (χ4v) is 5.90. The second kappa shape index (κ2) is 8.85. The van der Waals surface area contributed by atoms with Gasteiger partial charge in [0.05, 0.1) is 18.5 Å². The maximum atomic E-state index is 13.4. The number of carbonyl (C=O) groups excluding carboxylic acids is 1. The third-order valence-electron chi connectivity index (χ3n) is 5.18. The molecule has 31 heavy (non-hydrogen) atoms. The van der Waals surface area contributed by atoms with Crippen molar-refractivity contribution in [2.45, 2.75) is 25.7 Å². The Morgan fingerprint density at radius 3 is 2.65 bits per heavy atom. The Hall–Kier alpha value is -2.64. The number of thioether (sulfide) groups is 2. The number of hydrogen-bond acceptors (Lipinski definition) is 6. The number of fused-ring (bicyclic) bond motifs is 1. The SMILES string of the molecule is C=CCN1C(=O)C(=C2Sc3ccc(OC)cc3N2CC)SC1=Nc1cc(C)ccc1C. The molecule has 0 N–H and O–H groups in total. The maximum Gasteiger partial charge on any atom is 0.269 e. The molecule has 0 radical (unpaired) electrons. The van der Waals surface area contributed by atoms with Crippen LogP contribution in [0.1, 0.15) is 18.1 Å². The van der Waals surface area contributed by atoms with Crippen molar-refractivity contribution < 1.29 is 9.53 Å². The molecule has 0 saturated carbocycles. The molecule has 0 atom stereocenters. The van der Waals surface area contributed by atoms with Crippen LogP contribution in [0.5, 0.6) is 5.75 Å². The number of nitrogens with zero attached hydrogens (tertiary/aromatic N) is 3. The molecule has 5 nitrogen and oxygen atoms in total. The lowest BCUT2D eigenvalue weighted by atomic mass is 10.1. The monoisotopic (exact) mass is 451 g/mol. The van der Waals surface area contributed by atoms with Crippen LogP contribution in [-0.2, 0) is 4.79 Å². The quantitative estimate of drug-likeness (QED) is 0.421. The fraction of sp³-hybridized carbons (Fsp3) is 0.250. The molecule has 2 aliphatic heterocycles. The molecular weight excluding hydrogens is 426 g/mol. The van der Waals surface area contributed by atoms with E-state index in [1.165, 1.54) is 11.8 Å². The van der Waals surface area contributed by atoms with Crippen LogP contribution in [0.4, 0.5) is 11.4 Å². The van der Waals surface area contributed by atoms with E-state index in [1.807, 2.05) is 32.0 Å². The lowest BCUT2D eigenvalue weighted by Gasteiger charge is -2.19. The van der Waals surface area contributed by atoms with Crippen molar-refractivity contribution in [1.82, 2.24) is 4.90 Å². The Balaban J connectivity index is 1.78. The highest BCUT2D eigenvalue weighted by Crippen LogP contribution is 2.51. The van der Waals surface area contributed by atoms with Gasteiger partial charge in [-0.3, -0.25) is 9.69 Å². The van der Waals surface area contributed by atoms with Gasteiger partial charge in [-0.05, 0) is 61.9 Å². The first-order chi connectivity index (χ1) is 15.0. The van der Waals surface area contributed by atoms with E-state index < -0.39 is 0 Å². The van der Waals surface area contributed by atoms with Crippen LogP contribution in [0.3, 0.4) is 0 Å². The summed E-state index contributed by atoms with van der Waals surface area (Å²) in [6, 6.07) is 12.2. The van der Waals surface area contributed by atoms with Crippen molar-refractivity contribution in [2.75, 3.05) is 25.1 Å². The molecule has 2 aliphatic rings. The van der Waals surface area contributed by atoms with Gasteiger partial charge in [0.15, 0.2) is 5.17 Å². The topological polar surface area (TPSA) is 45.1 Å². The van der Waals surface area contributed by atoms with Crippen LogP contribution in [0, 0.1) is 13.8 Å². The summed E-state index contributed by atoms with van der Waals surface area (Å²) in [4.78, 5) is 24.0. The smallest absolute Gasteiger partial charge is 0.269 e. The normalized spacial score (nSPS) is 19.4. The number of aryl methyl sites for hydroxylation is 2. The largest absolute Gasteiger partial charge is 0.497 e. The Morgan fingerprint density at radius 2 is 1.94 bits per heavy atom. The van der Waals surface area contributed by atoms with E-state index in [9.17, 15) is 4.79 Å². The summed E-state index contributed by atoms with van der Waals surface area (Å²) in [5.41, 5.74) is 4.17. The maximum absolute atomic E-state index is 13.4. The number of aliphatic imine (C=N–C) groups is 1. The first-order valence-electron chi connectivity index (χ1n) is 10.1. The number of amides is 1. The van der Waals surface area contributed by atoms with Crippen LogP contribution < -0.4 is 9.64 Å². The van der Waals surface area contributed by atoms with E-state index in [0.29, 0.717) is 16.6 Å². The molecule has 0 spiro atoms. The van der Waals surface area contributed by atoms with Gasteiger partial charge in [-0.1, -0.05) is 30.0 Å². The number of methoxy groups -OCH3 is 1. The summed E-state index contributed by atoms with van der Waals surface area (Å²) >= 11 is 3.06. The summed E-state index contributed by atoms with van der Waals surface area (Å²) in [6.45, 7) is 11.2. The third-order valence-corrected chi connectivity index (χ3v) is 7.55. The number of anilines is 1. The zero-order valence-electron chi connectivity index (χ0n) is 18.1. The molecule has 2 heterocycles. The van der Waals surface area contributed by atoms with Gasteiger partial charge in [0.2, 0.25) is 0 Å². The van der Waals surface area contributed by atoms with Gasteiger partial charge in [-0.2, -0.15) is 0 Å². The third kappa shape index (κ3) is 4.00. The number of carbonyl (C=O) groups is 1. The summed E-state index contributed by atoms with van der Waals surface area (Å²) in [7, 11) is 1.67. The minimum atomic E-state index is -0.0327. The molecule has 0 unspecified atom stereocenters. The van der Waals surface area contributed by atoms with E-state index in [1.54, 1.807) is 29.8 Å². The van der Waals surface area contributed by atoms with E-state index >= 15 is 0 Å². The molecule has 1 amide bonds. The minimum absolute atomic E-state index is 0.0327. The highest BCUT2D eigenvalue weighted by Gasteiger charge is 2.39. The van der Waals surface area contributed by atoms with Gasteiger partial charge in [0.1, 0.15) is 15.7 Å². The van der Waals surface area contributed by atoms with E-state index in [0.717, 1.165) is 44.7 Å². The zero-order valence-corrected chi connectivity index (χ0v) is 19.8. The predicted molar refractivity (Wildman–Crippen MR) is 131 cm³/mol. The van der Waals surface area contributed by atoms with Crippen LogP contribution in [0.15, 0.2) is 68.9 Å². The van der Waals surface area contributed by atoms with Gasteiger partial charge in [0.25, 0.3) is 5.91 Å². The van der Waals surface area contributed by atoms with Gasteiger partial charge >= 0.3 is 0 Å². The molecular formula is C24H25N3O2S2. The Labute approximate surface area is 191 Å². The van der Waals surface area contributed by atoms with E-state index in [-0.39, 0.29) is 5.91 Å². The van der Waals surface area contributed by atoms with E-state index in [2.05, 4.69) is 36.6 Å². The molecule has 1 fully saturated rings. The standard InChI is InChI=1S/C24H25N3O2S2/c1-6-12-27-22(28)21(31-24(27)25-18-13-15(3)8-9-16(18)4)23-26(7-2)19-14-17(29-5)10-11-20(19)30-23/h6,8-11,13-14H,1,7,12H2,2-5H3. The van der Waals surface area contributed by atoms with Gasteiger partial charge in [-0.25, -0.2) is 4.99 Å². The van der Waals surface area contributed by atoms with Crippen LogP contribution in [0.2, 0.25) is 0 Å². The summed E-state index contributed by atoms with van der Waals surface area (Å²) in [6.07, 6.45) is 1.74. The number of ether oxygens (including phenoxy) is 1. The molecule has 2 aromatic rings. The van der Waals surface area contributed by atoms with E-state index in [4.69, 9.17) is 9.73 Å². The van der Waals surface area contributed by atoms with Crippen molar-refractivity contribution in [3.8, 4) is 5.75 Å². The molecule has 7 heteroatoms. The van der Waals surface area contributed by atoms with Gasteiger partial charge < -0.3 is 9.64 Å². The molecule has 1 saturated heterocycles. The highest BCUT2D eigenvalue weighted by molar-refractivity contribution is 8.19. The van der Waals surface area contributed by atoms with Crippen molar-refractivity contribution >= 4 is 46.0 Å². The van der Waals surface area contributed by atoms with Crippen LogP contribution in [0.25, 0.3) is 0 Å². The van der Waals surface area contributed by atoms with Crippen LogP contribution >= 0.6 is 23.5 Å². The number of amidine groups is 1. The molecule has 4 rings (SSSR count). The summed E-state index contributed by atoms with van der Waals surface area (Å²) in [5.74, 6) is 0.773. The zero-order chi connectivity index (χ0) is 22.1. The molecule has 0 bridgehead atoms. The second-order valence-corrected chi connectivity index (χ2v) is 9.31. The summed E-state index contributed by atoms with van der Waals surface area (Å²) in [5, 5.41) is 1.63. The van der Waals surface area contributed by atoms with Crippen molar-refractivity contribution in [1.29, 1.82) is 0 Å². The molecule has 2 aromatic carbocycles. The average molecular weight is 452 g/mol. The lowest BCUT2D eigenvalue weighted by Crippen LogP contribution is -2.30. The number of hydrogen-bond donors (Lipinski definition) is 0. The van der Waals surface area contributed by atoms with Crippen LogP contribution in [-0.4, -0.2) is 36.2 Å². The first kappa shape index (κ1) is 21.6. The predicted octanol–water partition coefficient (Wildman–Crippen LogP) is 5.86. The Morgan fingerprint density at radius 1 is 1.13 bits per heavy atom. The van der Waals surface area contributed by atoms with Gasteiger partial charge in [0, 0.05) is 24.1 Å². The fourth-order valence-electron chi connectivity index (χ4n) is 3.52. The minimum Gasteiger partial charge on any atom is -0.497 e. The van der Waals surface area contributed by atoms with Crippen molar-refractivity contribution in [3.05, 3.63) is 70.1 Å². The van der Waals surface area contributed by atoms with Gasteiger partial charge in [-0.15, -0.1) is 6.58 Å². The number of rotatable bonds is 5. The Bertz CT molecular complexity index is 1120.